The number of para-hydroxylation sites is 1. The highest BCUT2D eigenvalue weighted by Gasteiger charge is 2.15. The van der Waals surface area contributed by atoms with E-state index in [1.807, 2.05) is 69.3 Å². The fraction of sp³-hybridized carbons (Fsp3) is 0.222. The molecule has 0 aliphatic rings. The molecule has 4 nitrogen and oxygen atoms in total. The van der Waals surface area contributed by atoms with Crippen LogP contribution >= 0.6 is 0 Å². The number of nitrogens with one attached hydrogen (secondary N) is 1. The predicted molar refractivity (Wildman–Crippen MR) is 88.3 cm³/mol. The Hall–Kier alpha value is -2.62. The zero-order chi connectivity index (χ0) is 16.0. The summed E-state index contributed by atoms with van der Waals surface area (Å²) in [5.74, 6) is 0.984. The van der Waals surface area contributed by atoms with Gasteiger partial charge in [0.2, 0.25) is 0 Å². The van der Waals surface area contributed by atoms with E-state index in [1.54, 1.807) is 12.1 Å². The van der Waals surface area contributed by atoms with Gasteiger partial charge < -0.3 is 4.74 Å². The number of amidine groups is 1. The first kappa shape index (κ1) is 15.8. The third-order valence-corrected chi connectivity index (χ3v) is 2.67. The number of carbonyl (C=O) groups excluding carboxylic acids is 1. The van der Waals surface area contributed by atoms with Gasteiger partial charge in [-0.1, -0.05) is 48.5 Å². The second-order valence-electron chi connectivity index (χ2n) is 5.82. The molecule has 2 rings (SSSR count). The van der Waals surface area contributed by atoms with Gasteiger partial charge in [0.05, 0.1) is 5.54 Å². The standard InChI is InChI=1S/C18H20N2O2/c1-18(2,3)20-16(14-10-6-4-7-11-14)19-17(21)22-15-12-8-5-9-13-15/h4-13H,1-3H3,(H,19,20,21). The van der Waals surface area contributed by atoms with E-state index < -0.39 is 6.09 Å². The molecule has 0 spiro atoms. The van der Waals surface area contributed by atoms with E-state index >= 15 is 0 Å². The van der Waals surface area contributed by atoms with Crippen LogP contribution in [0.5, 0.6) is 5.75 Å². The SMILES string of the molecule is CC(C)(C)N=C(NC(=O)Oc1ccccc1)c1ccccc1. The number of hydrogen-bond acceptors (Lipinski definition) is 3. The van der Waals surface area contributed by atoms with E-state index in [1.165, 1.54) is 0 Å². The van der Waals surface area contributed by atoms with Crippen molar-refractivity contribution in [2.45, 2.75) is 26.3 Å². The van der Waals surface area contributed by atoms with Gasteiger partial charge >= 0.3 is 6.09 Å². The maximum absolute atomic E-state index is 12.1. The van der Waals surface area contributed by atoms with Gasteiger partial charge in [0.25, 0.3) is 0 Å². The number of carbonyl (C=O) groups is 1. The van der Waals surface area contributed by atoms with Gasteiger partial charge in [0, 0.05) is 5.56 Å². The van der Waals surface area contributed by atoms with Crippen molar-refractivity contribution in [2.75, 3.05) is 0 Å². The molecule has 0 atom stereocenters. The Balaban J connectivity index is 2.17. The van der Waals surface area contributed by atoms with Crippen LogP contribution in [0.1, 0.15) is 26.3 Å². The number of hydrogen-bond donors (Lipinski definition) is 1. The minimum atomic E-state index is -0.557. The summed E-state index contributed by atoms with van der Waals surface area (Å²) >= 11 is 0. The maximum atomic E-state index is 12.1. The highest BCUT2D eigenvalue weighted by Crippen LogP contribution is 2.11. The Morgan fingerprint density at radius 1 is 0.955 bits per heavy atom. The van der Waals surface area contributed by atoms with E-state index in [2.05, 4.69) is 10.3 Å². The number of benzene rings is 2. The van der Waals surface area contributed by atoms with Crippen LogP contribution in [0, 0.1) is 0 Å². The Kier molecular flexibility index (Phi) is 4.94. The molecule has 1 amide bonds. The molecular weight excluding hydrogens is 276 g/mol. The third kappa shape index (κ3) is 5.05. The van der Waals surface area contributed by atoms with Crippen LogP contribution in [0.4, 0.5) is 4.79 Å². The van der Waals surface area contributed by atoms with Gasteiger partial charge in [-0.25, -0.2) is 4.79 Å². The van der Waals surface area contributed by atoms with Crippen molar-refractivity contribution in [3.05, 3.63) is 66.2 Å². The van der Waals surface area contributed by atoms with Crippen molar-refractivity contribution in [2.24, 2.45) is 4.99 Å². The lowest BCUT2D eigenvalue weighted by atomic mass is 10.1. The Bertz CT molecular complexity index is 644. The van der Waals surface area contributed by atoms with Crippen molar-refractivity contribution < 1.29 is 9.53 Å². The summed E-state index contributed by atoms with van der Waals surface area (Å²) in [6.07, 6.45) is -0.557. The molecular formula is C18H20N2O2. The van der Waals surface area contributed by atoms with Gasteiger partial charge in [-0.3, -0.25) is 10.3 Å². The molecule has 0 aliphatic carbocycles. The fourth-order valence-corrected chi connectivity index (χ4v) is 1.81. The number of ether oxygens (including phenoxy) is 1. The van der Waals surface area contributed by atoms with Crippen molar-refractivity contribution in [1.82, 2.24) is 5.32 Å². The molecule has 0 aromatic heterocycles. The van der Waals surface area contributed by atoms with Crippen LogP contribution in [-0.4, -0.2) is 17.5 Å². The number of aliphatic imine (C=N–C) groups is 1. The zero-order valence-electron chi connectivity index (χ0n) is 13.0. The summed E-state index contributed by atoms with van der Waals surface area (Å²) in [4.78, 5) is 16.6. The second-order valence-corrected chi connectivity index (χ2v) is 5.82. The van der Waals surface area contributed by atoms with E-state index in [0.29, 0.717) is 11.6 Å². The van der Waals surface area contributed by atoms with Crippen LogP contribution < -0.4 is 10.1 Å². The summed E-state index contributed by atoms with van der Waals surface area (Å²) in [5.41, 5.74) is 0.521. The third-order valence-electron chi connectivity index (χ3n) is 2.67. The van der Waals surface area contributed by atoms with Crippen molar-refractivity contribution in [1.29, 1.82) is 0 Å². The molecule has 0 fully saturated rings. The topological polar surface area (TPSA) is 50.7 Å². The predicted octanol–water partition coefficient (Wildman–Crippen LogP) is 4.02. The Morgan fingerprint density at radius 2 is 1.50 bits per heavy atom. The second kappa shape index (κ2) is 6.89. The largest absolute Gasteiger partial charge is 0.418 e. The molecule has 0 radical (unpaired) electrons. The fourth-order valence-electron chi connectivity index (χ4n) is 1.81. The van der Waals surface area contributed by atoms with Gasteiger partial charge in [-0.15, -0.1) is 0 Å². The lowest BCUT2D eigenvalue weighted by Gasteiger charge is -2.17. The summed E-state index contributed by atoms with van der Waals surface area (Å²) in [6.45, 7) is 5.92. The first-order chi connectivity index (χ1) is 10.4. The van der Waals surface area contributed by atoms with Gasteiger partial charge in [0.15, 0.2) is 0 Å². The molecule has 4 heteroatoms. The molecule has 0 saturated heterocycles. The number of nitrogens with zero attached hydrogens (tertiary/aromatic N) is 1. The van der Waals surface area contributed by atoms with Crippen LogP contribution in [0.2, 0.25) is 0 Å². The van der Waals surface area contributed by atoms with Crippen LogP contribution in [0.3, 0.4) is 0 Å². The minimum Gasteiger partial charge on any atom is -0.410 e. The lowest BCUT2D eigenvalue weighted by Crippen LogP contribution is -2.35. The average Bonchev–Trinajstić information content (AvgIpc) is 2.47. The Labute approximate surface area is 130 Å². The van der Waals surface area contributed by atoms with Crippen LogP contribution in [0.15, 0.2) is 65.7 Å². The van der Waals surface area contributed by atoms with E-state index in [4.69, 9.17) is 4.74 Å². The molecule has 2 aromatic rings. The summed E-state index contributed by atoms with van der Waals surface area (Å²) in [7, 11) is 0. The summed E-state index contributed by atoms with van der Waals surface area (Å²) in [6, 6.07) is 18.4. The smallest absolute Gasteiger partial charge is 0.410 e. The monoisotopic (exact) mass is 296 g/mol. The molecule has 0 unspecified atom stereocenters. The van der Waals surface area contributed by atoms with Gasteiger partial charge in [-0.2, -0.15) is 0 Å². The minimum absolute atomic E-state index is 0.314. The molecule has 0 heterocycles. The molecule has 22 heavy (non-hydrogen) atoms. The van der Waals surface area contributed by atoms with Crippen LogP contribution in [-0.2, 0) is 0 Å². The van der Waals surface area contributed by atoms with Crippen molar-refractivity contribution >= 4 is 11.9 Å². The molecule has 0 saturated carbocycles. The van der Waals surface area contributed by atoms with E-state index in [-0.39, 0.29) is 5.54 Å². The highest BCUT2D eigenvalue weighted by molar-refractivity contribution is 6.06. The van der Waals surface area contributed by atoms with E-state index in [9.17, 15) is 4.79 Å². The highest BCUT2D eigenvalue weighted by atomic mass is 16.6. The Morgan fingerprint density at radius 3 is 2.05 bits per heavy atom. The van der Waals surface area contributed by atoms with Crippen molar-refractivity contribution in [3.8, 4) is 5.75 Å². The molecule has 2 aromatic carbocycles. The summed E-state index contributed by atoms with van der Waals surface area (Å²) < 4.78 is 5.25. The van der Waals surface area contributed by atoms with Crippen molar-refractivity contribution in [3.63, 3.8) is 0 Å². The maximum Gasteiger partial charge on any atom is 0.418 e. The normalized spacial score (nSPS) is 11.9. The zero-order valence-corrected chi connectivity index (χ0v) is 13.0. The number of amides is 1. The number of rotatable bonds is 2. The first-order valence-electron chi connectivity index (χ1n) is 7.13. The average molecular weight is 296 g/mol. The van der Waals surface area contributed by atoms with Gasteiger partial charge in [0.1, 0.15) is 11.6 Å². The molecule has 1 N–H and O–H groups in total. The molecule has 0 aliphatic heterocycles. The molecule has 114 valence electrons. The summed E-state index contributed by atoms with van der Waals surface area (Å²) in [5, 5.41) is 2.73. The van der Waals surface area contributed by atoms with Gasteiger partial charge in [-0.05, 0) is 32.9 Å². The quantitative estimate of drug-likeness (QED) is 0.672. The molecule has 0 bridgehead atoms. The first-order valence-corrected chi connectivity index (χ1v) is 7.13. The lowest BCUT2D eigenvalue weighted by molar-refractivity contribution is 0.206. The van der Waals surface area contributed by atoms with E-state index in [0.717, 1.165) is 5.56 Å². The van der Waals surface area contributed by atoms with Crippen LogP contribution in [0.25, 0.3) is 0 Å².